The van der Waals surface area contributed by atoms with E-state index >= 15 is 0 Å². The molecule has 0 bridgehead atoms. The zero-order valence-electron chi connectivity index (χ0n) is 23.1. The first-order valence-corrected chi connectivity index (χ1v) is 14.9. The van der Waals surface area contributed by atoms with Crippen molar-refractivity contribution in [3.63, 3.8) is 0 Å². The van der Waals surface area contributed by atoms with Crippen molar-refractivity contribution in [2.45, 2.75) is 16.6 Å². The molecule has 42 heavy (non-hydrogen) atoms. The Kier molecular flexibility index (Phi) is 9.53. The number of hydrogen-bond acceptors (Lipinski definition) is 7. The summed E-state index contributed by atoms with van der Waals surface area (Å²) < 4.78 is 10.7. The topological polar surface area (TPSA) is 89.6 Å². The Hall–Kier alpha value is -4.60. The van der Waals surface area contributed by atoms with E-state index in [4.69, 9.17) is 9.47 Å². The van der Waals surface area contributed by atoms with E-state index in [9.17, 15) is 9.59 Å². The van der Waals surface area contributed by atoms with Crippen molar-refractivity contribution in [1.29, 1.82) is 0 Å². The third-order valence-corrected chi connectivity index (χ3v) is 8.34. The summed E-state index contributed by atoms with van der Waals surface area (Å²) in [5, 5.41) is 7.81. The SMILES string of the molecule is COc1ccc(-c2csc(NC(=O)C(Sc3cccc(NC(=O)Cc4ccccc4)c3)c3ccccc3)n2)cc1OC. The first-order valence-electron chi connectivity index (χ1n) is 13.2. The number of ether oxygens (including phenoxy) is 2. The van der Waals surface area contributed by atoms with Crippen molar-refractivity contribution >= 4 is 45.7 Å². The molecule has 4 aromatic carbocycles. The molecule has 1 heterocycles. The van der Waals surface area contributed by atoms with Crippen LogP contribution in [0.25, 0.3) is 11.3 Å². The van der Waals surface area contributed by atoms with Crippen LogP contribution in [0.1, 0.15) is 16.4 Å². The minimum Gasteiger partial charge on any atom is -0.493 e. The van der Waals surface area contributed by atoms with Crippen molar-refractivity contribution < 1.29 is 19.1 Å². The lowest BCUT2D eigenvalue weighted by Crippen LogP contribution is -2.19. The number of carbonyl (C=O) groups excluding carboxylic acids is 2. The van der Waals surface area contributed by atoms with Gasteiger partial charge in [0.1, 0.15) is 5.25 Å². The lowest BCUT2D eigenvalue weighted by atomic mass is 10.1. The minimum absolute atomic E-state index is 0.102. The fraction of sp³-hybridized carbons (Fsp3) is 0.121. The lowest BCUT2D eigenvalue weighted by Gasteiger charge is -2.17. The number of amides is 2. The highest BCUT2D eigenvalue weighted by Crippen LogP contribution is 2.38. The third kappa shape index (κ3) is 7.37. The van der Waals surface area contributed by atoms with E-state index < -0.39 is 5.25 Å². The third-order valence-electron chi connectivity index (χ3n) is 6.33. The quantitative estimate of drug-likeness (QED) is 0.154. The zero-order valence-corrected chi connectivity index (χ0v) is 24.7. The van der Waals surface area contributed by atoms with E-state index in [0.29, 0.717) is 22.3 Å². The van der Waals surface area contributed by atoms with E-state index in [1.54, 1.807) is 14.2 Å². The summed E-state index contributed by atoms with van der Waals surface area (Å²) in [5.74, 6) is 0.938. The van der Waals surface area contributed by atoms with Gasteiger partial charge in [0.15, 0.2) is 16.6 Å². The van der Waals surface area contributed by atoms with E-state index in [-0.39, 0.29) is 18.2 Å². The number of nitrogens with zero attached hydrogens (tertiary/aromatic N) is 1. The van der Waals surface area contributed by atoms with Crippen molar-refractivity contribution in [1.82, 2.24) is 4.98 Å². The molecule has 0 saturated carbocycles. The molecule has 2 amide bonds. The maximum Gasteiger partial charge on any atom is 0.244 e. The van der Waals surface area contributed by atoms with Crippen LogP contribution in [-0.4, -0.2) is 31.0 Å². The molecule has 0 spiro atoms. The van der Waals surface area contributed by atoms with Crippen LogP contribution in [0.4, 0.5) is 10.8 Å². The monoisotopic (exact) mass is 595 g/mol. The Balaban J connectivity index is 1.31. The molecule has 1 unspecified atom stereocenters. The van der Waals surface area contributed by atoms with Gasteiger partial charge in [0.2, 0.25) is 11.8 Å². The van der Waals surface area contributed by atoms with Crippen molar-refractivity contribution in [3.8, 4) is 22.8 Å². The van der Waals surface area contributed by atoms with Crippen LogP contribution in [0.3, 0.4) is 0 Å². The van der Waals surface area contributed by atoms with Crippen LogP contribution in [0.5, 0.6) is 11.5 Å². The van der Waals surface area contributed by atoms with Crippen molar-refractivity contribution in [2.24, 2.45) is 0 Å². The molecule has 212 valence electrons. The predicted molar refractivity (Wildman–Crippen MR) is 170 cm³/mol. The molecule has 0 saturated heterocycles. The molecule has 0 radical (unpaired) electrons. The number of methoxy groups -OCH3 is 2. The molecular formula is C33H29N3O4S2. The predicted octanol–water partition coefficient (Wildman–Crippen LogP) is 7.48. The number of nitrogens with one attached hydrogen (secondary N) is 2. The smallest absolute Gasteiger partial charge is 0.244 e. The van der Waals surface area contributed by atoms with Crippen molar-refractivity contribution in [2.75, 3.05) is 24.9 Å². The molecule has 7 nitrogen and oxygen atoms in total. The van der Waals surface area contributed by atoms with Gasteiger partial charge in [-0.05, 0) is 47.5 Å². The maximum absolute atomic E-state index is 13.6. The summed E-state index contributed by atoms with van der Waals surface area (Å²) in [6.45, 7) is 0. The van der Waals surface area contributed by atoms with Gasteiger partial charge in [-0.3, -0.25) is 9.59 Å². The van der Waals surface area contributed by atoms with Crippen molar-refractivity contribution in [3.05, 3.63) is 120 Å². The number of aromatic nitrogens is 1. The normalized spacial score (nSPS) is 11.4. The number of thioether (sulfide) groups is 1. The van der Waals surface area contributed by atoms with Crippen LogP contribution in [0.15, 0.2) is 113 Å². The van der Waals surface area contributed by atoms with Crippen LogP contribution in [0.2, 0.25) is 0 Å². The van der Waals surface area contributed by atoms with Crippen LogP contribution >= 0.6 is 23.1 Å². The average molecular weight is 596 g/mol. The van der Waals surface area contributed by atoms with E-state index in [2.05, 4.69) is 15.6 Å². The molecule has 0 aliphatic rings. The molecule has 2 N–H and O–H groups in total. The highest BCUT2D eigenvalue weighted by molar-refractivity contribution is 8.00. The zero-order chi connectivity index (χ0) is 29.3. The molecule has 0 aliphatic carbocycles. The summed E-state index contributed by atoms with van der Waals surface area (Å²) in [5.41, 5.74) is 4.05. The van der Waals surface area contributed by atoms with Crippen LogP contribution in [-0.2, 0) is 16.0 Å². The summed E-state index contributed by atoms with van der Waals surface area (Å²) in [6.07, 6.45) is 0.284. The standard InChI is InChI=1S/C33H29N3O4S2/c1-39-28-17-16-24(19-29(28)40-2)27-21-41-33(35-27)36-32(38)31(23-12-7-4-8-13-23)42-26-15-9-14-25(20-26)34-30(37)18-22-10-5-3-6-11-22/h3-17,19-21,31H,18H2,1-2H3,(H,34,37)(H,35,36,38). The van der Waals surface area contributed by atoms with Gasteiger partial charge in [-0.2, -0.15) is 0 Å². The van der Waals surface area contributed by atoms with Gasteiger partial charge in [0.05, 0.1) is 26.3 Å². The number of thiazole rings is 1. The molecule has 1 aromatic heterocycles. The highest BCUT2D eigenvalue weighted by atomic mass is 32.2. The molecule has 0 aliphatic heterocycles. The molecular weight excluding hydrogens is 567 g/mol. The van der Waals surface area contributed by atoms with E-state index in [1.807, 2.05) is 109 Å². The second-order valence-electron chi connectivity index (χ2n) is 9.24. The van der Waals surface area contributed by atoms with Crippen LogP contribution < -0.4 is 20.1 Å². The van der Waals surface area contributed by atoms with Crippen LogP contribution in [0, 0.1) is 0 Å². The lowest BCUT2D eigenvalue weighted by molar-refractivity contribution is -0.116. The Morgan fingerprint density at radius 3 is 2.31 bits per heavy atom. The summed E-state index contributed by atoms with van der Waals surface area (Å²) in [6, 6.07) is 32.3. The Morgan fingerprint density at radius 2 is 1.57 bits per heavy atom. The minimum atomic E-state index is -0.546. The summed E-state index contributed by atoms with van der Waals surface area (Å²) in [4.78, 5) is 31.8. The first kappa shape index (κ1) is 28.9. The van der Waals surface area contributed by atoms with E-state index in [1.165, 1.54) is 23.1 Å². The van der Waals surface area contributed by atoms with Gasteiger partial charge in [-0.15, -0.1) is 23.1 Å². The largest absolute Gasteiger partial charge is 0.493 e. The van der Waals surface area contributed by atoms with Gasteiger partial charge in [0.25, 0.3) is 0 Å². The number of rotatable bonds is 11. The second kappa shape index (κ2) is 13.8. The highest BCUT2D eigenvalue weighted by Gasteiger charge is 2.23. The van der Waals surface area contributed by atoms with Gasteiger partial charge in [-0.1, -0.05) is 66.7 Å². The van der Waals surface area contributed by atoms with Gasteiger partial charge in [-0.25, -0.2) is 4.98 Å². The number of hydrogen-bond donors (Lipinski definition) is 2. The van der Waals surface area contributed by atoms with Gasteiger partial charge >= 0.3 is 0 Å². The Labute approximate surface area is 252 Å². The molecule has 5 rings (SSSR count). The average Bonchev–Trinajstić information content (AvgIpc) is 3.49. The Morgan fingerprint density at radius 1 is 0.833 bits per heavy atom. The number of benzene rings is 4. The van der Waals surface area contributed by atoms with Gasteiger partial charge in [0, 0.05) is 21.5 Å². The second-order valence-corrected chi connectivity index (χ2v) is 11.3. The Bertz CT molecular complexity index is 1660. The molecule has 9 heteroatoms. The maximum atomic E-state index is 13.6. The fourth-order valence-electron chi connectivity index (χ4n) is 4.30. The summed E-state index contributed by atoms with van der Waals surface area (Å²) in [7, 11) is 3.18. The summed E-state index contributed by atoms with van der Waals surface area (Å²) >= 11 is 2.76. The number of carbonyl (C=O) groups is 2. The molecule has 1 atom stereocenters. The number of anilines is 2. The van der Waals surface area contributed by atoms with Gasteiger partial charge < -0.3 is 20.1 Å². The molecule has 5 aromatic rings. The van der Waals surface area contributed by atoms with E-state index in [0.717, 1.165) is 27.3 Å². The fourth-order valence-corrected chi connectivity index (χ4v) is 6.11. The first-order chi connectivity index (χ1) is 20.5. The molecule has 0 fully saturated rings.